The highest BCUT2D eigenvalue weighted by Crippen LogP contribution is 2.22. The van der Waals surface area contributed by atoms with E-state index in [1.165, 1.54) is 22.4 Å². The van der Waals surface area contributed by atoms with Gasteiger partial charge in [-0.05, 0) is 55.7 Å². The molecule has 0 aliphatic rings. The van der Waals surface area contributed by atoms with Gasteiger partial charge in [0.05, 0.1) is 0 Å². The monoisotopic (exact) mass is 226 g/mol. The maximum atomic E-state index is 4.04. The molecule has 1 N–H and O–H groups in total. The van der Waals surface area contributed by atoms with Crippen molar-refractivity contribution in [3.8, 4) is 0 Å². The molecule has 1 heterocycles. The Bertz CT molecular complexity index is 492. The zero-order chi connectivity index (χ0) is 12.3. The second-order valence-electron chi connectivity index (χ2n) is 4.46. The number of hydrogen-bond donors (Lipinski definition) is 1. The largest absolute Gasteiger partial charge is 0.378 e. The fourth-order valence-electron chi connectivity index (χ4n) is 1.86. The van der Waals surface area contributed by atoms with E-state index in [4.69, 9.17) is 0 Å². The van der Waals surface area contributed by atoms with Gasteiger partial charge < -0.3 is 5.32 Å². The van der Waals surface area contributed by atoms with Crippen LogP contribution in [0.1, 0.15) is 29.7 Å². The zero-order valence-electron chi connectivity index (χ0n) is 10.6. The van der Waals surface area contributed by atoms with Crippen LogP contribution in [0.3, 0.4) is 0 Å². The molecule has 0 radical (unpaired) electrons. The number of anilines is 1. The molecule has 0 aliphatic carbocycles. The summed E-state index contributed by atoms with van der Waals surface area (Å²) in [5, 5.41) is 3.54. The second kappa shape index (κ2) is 5.00. The first-order valence-electron chi connectivity index (χ1n) is 5.90. The molecule has 2 heteroatoms. The standard InChI is InChI=1S/C15H18N2/c1-11-4-5-12(2)15(10-11)17-13(3)14-6-8-16-9-7-14/h4-10,13,17H,1-3H3. The van der Waals surface area contributed by atoms with Crippen LogP contribution in [0, 0.1) is 13.8 Å². The van der Waals surface area contributed by atoms with E-state index in [0.717, 1.165) is 0 Å². The number of pyridine rings is 1. The van der Waals surface area contributed by atoms with Crippen LogP contribution < -0.4 is 5.32 Å². The first-order valence-corrected chi connectivity index (χ1v) is 5.90. The summed E-state index contributed by atoms with van der Waals surface area (Å²) >= 11 is 0. The minimum absolute atomic E-state index is 0.290. The highest BCUT2D eigenvalue weighted by Gasteiger charge is 2.06. The molecule has 1 aromatic carbocycles. The van der Waals surface area contributed by atoms with E-state index < -0.39 is 0 Å². The summed E-state index contributed by atoms with van der Waals surface area (Å²) in [6, 6.07) is 10.9. The van der Waals surface area contributed by atoms with Gasteiger partial charge in [-0.25, -0.2) is 0 Å². The molecule has 0 saturated carbocycles. The van der Waals surface area contributed by atoms with Crippen LogP contribution in [0.5, 0.6) is 0 Å². The van der Waals surface area contributed by atoms with Crippen LogP contribution in [0.25, 0.3) is 0 Å². The minimum atomic E-state index is 0.290. The molecular weight excluding hydrogens is 208 g/mol. The third kappa shape index (κ3) is 2.84. The smallest absolute Gasteiger partial charge is 0.0486 e. The van der Waals surface area contributed by atoms with Crippen molar-refractivity contribution in [2.24, 2.45) is 0 Å². The van der Waals surface area contributed by atoms with Gasteiger partial charge in [0, 0.05) is 24.1 Å². The lowest BCUT2D eigenvalue weighted by Gasteiger charge is -2.17. The number of rotatable bonds is 3. The Labute approximate surface area is 103 Å². The predicted octanol–water partition coefficient (Wildman–Crippen LogP) is 3.87. The summed E-state index contributed by atoms with van der Waals surface area (Å²) < 4.78 is 0. The highest BCUT2D eigenvalue weighted by atomic mass is 14.9. The van der Waals surface area contributed by atoms with Crippen molar-refractivity contribution >= 4 is 5.69 Å². The molecule has 0 fully saturated rings. The summed E-state index contributed by atoms with van der Waals surface area (Å²) in [5.41, 5.74) is 5.01. The van der Waals surface area contributed by atoms with E-state index in [1.807, 2.05) is 24.5 Å². The Morgan fingerprint density at radius 2 is 1.76 bits per heavy atom. The fraction of sp³-hybridized carbons (Fsp3) is 0.267. The predicted molar refractivity (Wildman–Crippen MR) is 72.2 cm³/mol. The normalized spacial score (nSPS) is 12.2. The van der Waals surface area contributed by atoms with Crippen LogP contribution >= 0.6 is 0 Å². The van der Waals surface area contributed by atoms with Gasteiger partial charge in [-0.2, -0.15) is 0 Å². The fourth-order valence-corrected chi connectivity index (χ4v) is 1.86. The average molecular weight is 226 g/mol. The Hall–Kier alpha value is -1.83. The van der Waals surface area contributed by atoms with Gasteiger partial charge in [-0.3, -0.25) is 4.98 Å². The van der Waals surface area contributed by atoms with Crippen LogP contribution in [0.4, 0.5) is 5.69 Å². The average Bonchev–Trinajstić information content (AvgIpc) is 2.35. The molecule has 0 amide bonds. The zero-order valence-corrected chi connectivity index (χ0v) is 10.6. The second-order valence-corrected chi connectivity index (χ2v) is 4.46. The summed E-state index contributed by atoms with van der Waals surface area (Å²) in [7, 11) is 0. The van der Waals surface area contributed by atoms with Crippen LogP contribution in [0.2, 0.25) is 0 Å². The Morgan fingerprint density at radius 1 is 1.06 bits per heavy atom. The molecule has 17 heavy (non-hydrogen) atoms. The third-order valence-electron chi connectivity index (χ3n) is 2.97. The topological polar surface area (TPSA) is 24.9 Å². The van der Waals surface area contributed by atoms with E-state index >= 15 is 0 Å². The van der Waals surface area contributed by atoms with Gasteiger partial charge in [0.2, 0.25) is 0 Å². The van der Waals surface area contributed by atoms with Crippen molar-refractivity contribution in [2.75, 3.05) is 5.32 Å². The van der Waals surface area contributed by atoms with E-state index in [1.54, 1.807) is 0 Å². The molecule has 0 saturated heterocycles. The number of aromatic nitrogens is 1. The molecule has 1 unspecified atom stereocenters. The number of aryl methyl sites for hydroxylation is 2. The van der Waals surface area contributed by atoms with E-state index in [9.17, 15) is 0 Å². The van der Waals surface area contributed by atoms with Crippen molar-refractivity contribution in [3.63, 3.8) is 0 Å². The van der Waals surface area contributed by atoms with Crippen molar-refractivity contribution in [1.82, 2.24) is 4.98 Å². The van der Waals surface area contributed by atoms with Crippen molar-refractivity contribution in [3.05, 3.63) is 59.4 Å². The third-order valence-corrected chi connectivity index (χ3v) is 2.97. The van der Waals surface area contributed by atoms with Crippen LogP contribution in [-0.4, -0.2) is 4.98 Å². The van der Waals surface area contributed by atoms with Gasteiger partial charge in [0.15, 0.2) is 0 Å². The lowest BCUT2D eigenvalue weighted by molar-refractivity contribution is 0.878. The molecule has 88 valence electrons. The molecule has 1 atom stereocenters. The van der Waals surface area contributed by atoms with Gasteiger partial charge >= 0.3 is 0 Å². The van der Waals surface area contributed by atoms with Crippen LogP contribution in [-0.2, 0) is 0 Å². The molecule has 0 bridgehead atoms. The Kier molecular flexibility index (Phi) is 3.43. The van der Waals surface area contributed by atoms with Crippen LogP contribution in [0.15, 0.2) is 42.7 Å². The van der Waals surface area contributed by atoms with Gasteiger partial charge in [-0.15, -0.1) is 0 Å². The lowest BCUT2D eigenvalue weighted by atomic mass is 10.1. The molecule has 1 aromatic heterocycles. The lowest BCUT2D eigenvalue weighted by Crippen LogP contribution is -2.07. The van der Waals surface area contributed by atoms with Crippen molar-refractivity contribution in [2.45, 2.75) is 26.8 Å². The number of benzene rings is 1. The SMILES string of the molecule is Cc1ccc(C)c(NC(C)c2ccncc2)c1. The van der Waals surface area contributed by atoms with Gasteiger partial charge in [0.25, 0.3) is 0 Å². The summed E-state index contributed by atoms with van der Waals surface area (Å²) in [5.74, 6) is 0. The van der Waals surface area contributed by atoms with E-state index in [0.29, 0.717) is 6.04 Å². The number of nitrogens with one attached hydrogen (secondary N) is 1. The quantitative estimate of drug-likeness (QED) is 0.859. The van der Waals surface area contributed by atoms with Gasteiger partial charge in [-0.1, -0.05) is 12.1 Å². The molecular formula is C15H18N2. The maximum Gasteiger partial charge on any atom is 0.0486 e. The number of hydrogen-bond acceptors (Lipinski definition) is 2. The van der Waals surface area contributed by atoms with E-state index in [2.05, 4.69) is 49.3 Å². The Morgan fingerprint density at radius 3 is 2.47 bits per heavy atom. The summed E-state index contributed by atoms with van der Waals surface area (Å²) in [4.78, 5) is 4.04. The first kappa shape index (κ1) is 11.6. The van der Waals surface area contributed by atoms with Crippen molar-refractivity contribution in [1.29, 1.82) is 0 Å². The highest BCUT2D eigenvalue weighted by molar-refractivity contribution is 5.53. The summed E-state index contributed by atoms with van der Waals surface area (Å²) in [6.45, 7) is 6.40. The van der Waals surface area contributed by atoms with Gasteiger partial charge in [0.1, 0.15) is 0 Å². The first-order chi connectivity index (χ1) is 8.16. The Balaban J connectivity index is 2.18. The molecule has 2 rings (SSSR count). The minimum Gasteiger partial charge on any atom is -0.378 e. The molecule has 2 nitrogen and oxygen atoms in total. The maximum absolute atomic E-state index is 4.04. The molecule has 2 aromatic rings. The van der Waals surface area contributed by atoms with Crippen molar-refractivity contribution < 1.29 is 0 Å². The number of nitrogens with zero attached hydrogens (tertiary/aromatic N) is 1. The molecule has 0 spiro atoms. The molecule has 0 aliphatic heterocycles. The van der Waals surface area contributed by atoms with E-state index in [-0.39, 0.29) is 0 Å². The summed E-state index contributed by atoms with van der Waals surface area (Å²) in [6.07, 6.45) is 3.66.